The van der Waals surface area contributed by atoms with Gasteiger partial charge in [0.2, 0.25) is 5.91 Å². The van der Waals surface area contributed by atoms with Gasteiger partial charge in [-0.3, -0.25) is 4.79 Å². The average molecular weight is 283 g/mol. The van der Waals surface area contributed by atoms with Crippen LogP contribution in [0, 0.1) is 17.6 Å². The number of carbonyl (C=O) groups excluding carboxylic acids is 1. The number of rotatable bonds is 5. The zero-order valence-corrected chi connectivity index (χ0v) is 11.2. The van der Waals surface area contributed by atoms with Crippen molar-refractivity contribution in [1.82, 2.24) is 5.32 Å². The molecule has 1 aliphatic rings. The Kier molecular flexibility index (Phi) is 5.06. The van der Waals surface area contributed by atoms with Crippen LogP contribution in [-0.4, -0.2) is 23.7 Å². The molecule has 20 heavy (non-hydrogen) atoms. The first-order valence-corrected chi connectivity index (χ1v) is 6.95. The molecule has 2 rings (SSSR count). The number of halogens is 2. The summed E-state index contributed by atoms with van der Waals surface area (Å²) in [5, 5.41) is 12.5. The van der Waals surface area contributed by atoms with Crippen LogP contribution < -0.4 is 5.32 Å². The number of aliphatic hydroxyl groups is 1. The molecular formula is C15H19F2NO2. The lowest BCUT2D eigenvalue weighted by Crippen LogP contribution is -2.36. The van der Waals surface area contributed by atoms with Crippen molar-refractivity contribution in [2.75, 3.05) is 6.54 Å². The van der Waals surface area contributed by atoms with Gasteiger partial charge in [0.15, 0.2) is 11.6 Å². The van der Waals surface area contributed by atoms with E-state index in [1.807, 2.05) is 0 Å². The normalized spacial score (nSPS) is 17.1. The van der Waals surface area contributed by atoms with Gasteiger partial charge >= 0.3 is 0 Å². The Hall–Kier alpha value is -1.49. The molecule has 0 bridgehead atoms. The van der Waals surface area contributed by atoms with Crippen LogP contribution in [0.25, 0.3) is 0 Å². The number of carbonyl (C=O) groups is 1. The summed E-state index contributed by atoms with van der Waals surface area (Å²) in [6, 6.07) is 3.76. The van der Waals surface area contributed by atoms with Gasteiger partial charge in [-0.15, -0.1) is 0 Å². The Labute approximate surface area is 117 Å². The van der Waals surface area contributed by atoms with Gasteiger partial charge in [-0.1, -0.05) is 25.0 Å². The lowest BCUT2D eigenvalue weighted by molar-refractivity contribution is -0.121. The van der Waals surface area contributed by atoms with Gasteiger partial charge in [-0.25, -0.2) is 8.78 Å². The summed E-state index contributed by atoms with van der Waals surface area (Å²) in [7, 11) is 0. The number of hydrogen-bond acceptors (Lipinski definition) is 2. The molecule has 0 saturated heterocycles. The SMILES string of the molecule is O=C(Cc1cccc(F)c1F)NCC(O)C1CCCC1. The van der Waals surface area contributed by atoms with Gasteiger partial charge in [-0.05, 0) is 24.8 Å². The molecule has 0 spiro atoms. The van der Waals surface area contributed by atoms with E-state index in [0.717, 1.165) is 31.7 Å². The summed E-state index contributed by atoms with van der Waals surface area (Å²) >= 11 is 0. The van der Waals surface area contributed by atoms with E-state index < -0.39 is 23.6 Å². The van der Waals surface area contributed by atoms with Crippen LogP contribution >= 0.6 is 0 Å². The molecule has 3 nitrogen and oxygen atoms in total. The van der Waals surface area contributed by atoms with Gasteiger partial charge in [-0.2, -0.15) is 0 Å². The maximum atomic E-state index is 13.4. The summed E-state index contributed by atoms with van der Waals surface area (Å²) in [5.41, 5.74) is 0.0258. The van der Waals surface area contributed by atoms with Crippen molar-refractivity contribution in [3.05, 3.63) is 35.4 Å². The largest absolute Gasteiger partial charge is 0.391 e. The summed E-state index contributed by atoms with van der Waals surface area (Å²) in [6.07, 6.45) is 3.42. The number of benzene rings is 1. The molecule has 1 saturated carbocycles. The molecule has 1 aromatic rings. The lowest BCUT2D eigenvalue weighted by Gasteiger charge is -2.18. The molecule has 1 unspecified atom stereocenters. The lowest BCUT2D eigenvalue weighted by atomic mass is 10.0. The summed E-state index contributed by atoms with van der Waals surface area (Å²) < 4.78 is 26.4. The van der Waals surface area contributed by atoms with E-state index >= 15 is 0 Å². The molecule has 1 aromatic carbocycles. The maximum absolute atomic E-state index is 13.4. The van der Waals surface area contributed by atoms with E-state index in [1.54, 1.807) is 0 Å². The second-order valence-electron chi connectivity index (χ2n) is 5.31. The quantitative estimate of drug-likeness (QED) is 0.870. The first kappa shape index (κ1) is 14.9. The van der Waals surface area contributed by atoms with Crippen molar-refractivity contribution in [1.29, 1.82) is 0 Å². The van der Waals surface area contributed by atoms with Crippen molar-refractivity contribution in [2.45, 2.75) is 38.2 Å². The minimum atomic E-state index is -0.987. The highest BCUT2D eigenvalue weighted by atomic mass is 19.2. The highest BCUT2D eigenvalue weighted by Crippen LogP contribution is 2.27. The molecule has 2 N–H and O–H groups in total. The topological polar surface area (TPSA) is 49.3 Å². The van der Waals surface area contributed by atoms with E-state index in [4.69, 9.17) is 0 Å². The Morgan fingerprint density at radius 1 is 1.35 bits per heavy atom. The fourth-order valence-electron chi connectivity index (χ4n) is 2.65. The predicted octanol–water partition coefficient (Wildman–Crippen LogP) is 2.17. The molecule has 1 atom stereocenters. The third-order valence-corrected chi connectivity index (χ3v) is 3.83. The first-order chi connectivity index (χ1) is 9.58. The number of aliphatic hydroxyl groups excluding tert-OH is 1. The molecule has 1 amide bonds. The van der Waals surface area contributed by atoms with Crippen LogP contribution in [0.15, 0.2) is 18.2 Å². The molecule has 1 fully saturated rings. The van der Waals surface area contributed by atoms with Crippen LogP contribution in [0.1, 0.15) is 31.2 Å². The van der Waals surface area contributed by atoms with E-state index in [1.165, 1.54) is 12.1 Å². The minimum Gasteiger partial charge on any atom is -0.391 e. The third kappa shape index (κ3) is 3.76. The molecule has 0 aromatic heterocycles. The monoisotopic (exact) mass is 283 g/mol. The fourth-order valence-corrected chi connectivity index (χ4v) is 2.65. The van der Waals surface area contributed by atoms with Crippen LogP contribution in [0.3, 0.4) is 0 Å². The standard InChI is InChI=1S/C15H19F2NO2/c16-12-7-3-6-11(15(12)17)8-14(20)18-9-13(19)10-4-1-2-5-10/h3,6-7,10,13,19H,1-2,4-5,8-9H2,(H,18,20). The molecule has 0 heterocycles. The molecule has 0 radical (unpaired) electrons. The van der Waals surface area contributed by atoms with Gasteiger partial charge in [0.1, 0.15) is 0 Å². The van der Waals surface area contributed by atoms with Crippen LogP contribution in [-0.2, 0) is 11.2 Å². The smallest absolute Gasteiger partial charge is 0.224 e. The molecule has 0 aliphatic heterocycles. The zero-order valence-electron chi connectivity index (χ0n) is 11.2. The highest BCUT2D eigenvalue weighted by molar-refractivity contribution is 5.78. The van der Waals surface area contributed by atoms with Crippen LogP contribution in [0.4, 0.5) is 8.78 Å². The maximum Gasteiger partial charge on any atom is 0.224 e. The second kappa shape index (κ2) is 6.79. The van der Waals surface area contributed by atoms with Crippen molar-refractivity contribution in [2.24, 2.45) is 5.92 Å². The van der Waals surface area contributed by atoms with Gasteiger partial charge in [0.05, 0.1) is 12.5 Å². The van der Waals surface area contributed by atoms with E-state index in [0.29, 0.717) is 0 Å². The second-order valence-corrected chi connectivity index (χ2v) is 5.31. The van der Waals surface area contributed by atoms with E-state index in [-0.39, 0.29) is 24.4 Å². The van der Waals surface area contributed by atoms with Crippen LogP contribution in [0.2, 0.25) is 0 Å². The summed E-state index contributed by atoms with van der Waals surface area (Å²) in [6.45, 7) is 0.167. The Bertz CT molecular complexity index is 473. The van der Waals surface area contributed by atoms with Crippen molar-refractivity contribution in [3.63, 3.8) is 0 Å². The first-order valence-electron chi connectivity index (χ1n) is 6.95. The van der Waals surface area contributed by atoms with Gasteiger partial charge in [0.25, 0.3) is 0 Å². The Morgan fingerprint density at radius 3 is 2.75 bits per heavy atom. The third-order valence-electron chi connectivity index (χ3n) is 3.83. The molecule has 110 valence electrons. The molecular weight excluding hydrogens is 264 g/mol. The van der Waals surface area contributed by atoms with Gasteiger partial charge in [0, 0.05) is 12.1 Å². The van der Waals surface area contributed by atoms with Crippen molar-refractivity contribution >= 4 is 5.91 Å². The fraction of sp³-hybridized carbons (Fsp3) is 0.533. The van der Waals surface area contributed by atoms with E-state index in [2.05, 4.69) is 5.32 Å². The number of amides is 1. The van der Waals surface area contributed by atoms with E-state index in [9.17, 15) is 18.7 Å². The minimum absolute atomic E-state index is 0.0258. The average Bonchev–Trinajstić information content (AvgIpc) is 2.95. The number of nitrogens with one attached hydrogen (secondary N) is 1. The summed E-state index contributed by atoms with van der Waals surface area (Å²) in [5.74, 6) is -2.12. The number of hydrogen-bond donors (Lipinski definition) is 2. The Morgan fingerprint density at radius 2 is 2.05 bits per heavy atom. The van der Waals surface area contributed by atoms with Gasteiger partial charge < -0.3 is 10.4 Å². The highest BCUT2D eigenvalue weighted by Gasteiger charge is 2.23. The molecule has 1 aliphatic carbocycles. The van der Waals surface area contributed by atoms with Crippen molar-refractivity contribution in [3.8, 4) is 0 Å². The molecule has 5 heteroatoms. The summed E-state index contributed by atoms with van der Waals surface area (Å²) in [4.78, 5) is 11.7. The Balaban J connectivity index is 1.81. The van der Waals surface area contributed by atoms with Crippen LogP contribution in [0.5, 0.6) is 0 Å². The predicted molar refractivity (Wildman–Crippen MR) is 71.0 cm³/mol. The van der Waals surface area contributed by atoms with Crippen molar-refractivity contribution < 1.29 is 18.7 Å². The zero-order chi connectivity index (χ0) is 14.5.